The molecule has 4 rings (SSSR count). The number of fused-ring (bicyclic) bond motifs is 1. The zero-order valence-corrected chi connectivity index (χ0v) is 17.5. The summed E-state index contributed by atoms with van der Waals surface area (Å²) in [4.78, 5) is 12.9. The molecular formula is C21H17FN2O4S2. The number of nitrogens with zero attached hydrogens (tertiary/aromatic N) is 1. The molecule has 0 unspecified atom stereocenters. The van der Waals surface area contributed by atoms with E-state index in [9.17, 15) is 17.6 Å². The molecule has 2 aromatic carbocycles. The van der Waals surface area contributed by atoms with Crippen molar-refractivity contribution in [2.45, 2.75) is 6.54 Å². The van der Waals surface area contributed by atoms with Crippen molar-refractivity contribution in [3.8, 4) is 5.75 Å². The van der Waals surface area contributed by atoms with Crippen LogP contribution in [0, 0.1) is 5.82 Å². The fraction of sp³-hybridized carbons (Fsp3) is 0.0952. The lowest BCUT2D eigenvalue weighted by Gasteiger charge is -2.29. The number of rotatable bonds is 5. The van der Waals surface area contributed by atoms with Crippen LogP contribution in [0.15, 0.2) is 71.1 Å². The van der Waals surface area contributed by atoms with Crippen LogP contribution in [0.5, 0.6) is 5.75 Å². The van der Waals surface area contributed by atoms with E-state index in [0.717, 1.165) is 0 Å². The standard InChI is InChI=1S/C21H17FN2O4S2/c1-28-17-8-6-16(7-9-17)23-12-19-20(25)21-18(10-11-29-21)24(30(19,26)27)13-14-2-4-15(22)5-3-14/h2-12,23H,13H2,1H3/b19-12-. The molecule has 0 amide bonds. The van der Waals surface area contributed by atoms with Gasteiger partial charge in [0.05, 0.1) is 19.3 Å². The third-order valence-electron chi connectivity index (χ3n) is 4.61. The Morgan fingerprint density at radius 2 is 1.80 bits per heavy atom. The lowest BCUT2D eigenvalue weighted by Crippen LogP contribution is -2.38. The molecule has 0 spiro atoms. The van der Waals surface area contributed by atoms with Gasteiger partial charge in [0.15, 0.2) is 4.91 Å². The highest BCUT2D eigenvalue weighted by atomic mass is 32.2. The van der Waals surface area contributed by atoms with Crippen molar-refractivity contribution in [2.24, 2.45) is 0 Å². The van der Waals surface area contributed by atoms with Gasteiger partial charge in [-0.3, -0.25) is 9.10 Å². The average Bonchev–Trinajstić information content (AvgIpc) is 3.22. The number of anilines is 2. The number of nitrogens with one attached hydrogen (secondary N) is 1. The van der Waals surface area contributed by atoms with Crippen molar-refractivity contribution >= 4 is 38.5 Å². The van der Waals surface area contributed by atoms with Gasteiger partial charge in [-0.1, -0.05) is 12.1 Å². The molecule has 9 heteroatoms. The van der Waals surface area contributed by atoms with Crippen LogP contribution in [0.25, 0.3) is 0 Å². The van der Waals surface area contributed by atoms with Crippen LogP contribution in [0.4, 0.5) is 15.8 Å². The highest BCUT2D eigenvalue weighted by Crippen LogP contribution is 2.39. The van der Waals surface area contributed by atoms with Crippen molar-refractivity contribution in [1.82, 2.24) is 0 Å². The average molecular weight is 445 g/mol. The predicted molar refractivity (Wildman–Crippen MR) is 115 cm³/mol. The van der Waals surface area contributed by atoms with Gasteiger partial charge in [0, 0.05) is 11.9 Å². The molecular weight excluding hydrogens is 427 g/mol. The van der Waals surface area contributed by atoms with E-state index < -0.39 is 21.6 Å². The Balaban J connectivity index is 1.70. The van der Waals surface area contributed by atoms with E-state index in [-0.39, 0.29) is 11.4 Å². The maximum Gasteiger partial charge on any atom is 0.270 e. The normalized spacial score (nSPS) is 16.4. The second-order valence-electron chi connectivity index (χ2n) is 6.48. The van der Waals surface area contributed by atoms with E-state index >= 15 is 0 Å². The van der Waals surface area contributed by atoms with Gasteiger partial charge in [0.2, 0.25) is 5.78 Å². The van der Waals surface area contributed by atoms with Crippen molar-refractivity contribution in [2.75, 3.05) is 16.7 Å². The maximum atomic E-state index is 13.3. The number of sulfonamides is 1. The molecule has 154 valence electrons. The molecule has 1 N–H and O–H groups in total. The lowest BCUT2D eigenvalue weighted by molar-refractivity contribution is 0.104. The highest BCUT2D eigenvalue weighted by molar-refractivity contribution is 7.97. The number of ketones is 1. The molecule has 3 aromatic rings. The number of ether oxygens (including phenoxy) is 1. The minimum Gasteiger partial charge on any atom is -0.497 e. The van der Waals surface area contributed by atoms with Crippen LogP contribution < -0.4 is 14.4 Å². The van der Waals surface area contributed by atoms with Gasteiger partial charge in [-0.15, -0.1) is 11.3 Å². The highest BCUT2D eigenvalue weighted by Gasteiger charge is 2.41. The van der Waals surface area contributed by atoms with Gasteiger partial charge in [-0.2, -0.15) is 0 Å². The summed E-state index contributed by atoms with van der Waals surface area (Å²) in [6, 6.07) is 14.0. The second kappa shape index (κ2) is 7.92. The molecule has 0 atom stereocenters. The summed E-state index contributed by atoms with van der Waals surface area (Å²) in [5.41, 5.74) is 1.54. The Labute approximate surface area is 177 Å². The Morgan fingerprint density at radius 3 is 2.47 bits per heavy atom. The number of allylic oxidation sites excluding steroid dienone is 1. The van der Waals surface area contributed by atoms with Gasteiger partial charge in [-0.05, 0) is 53.4 Å². The maximum absolute atomic E-state index is 13.3. The minimum atomic E-state index is -4.12. The first-order valence-electron chi connectivity index (χ1n) is 8.90. The molecule has 0 saturated carbocycles. The molecule has 0 aliphatic carbocycles. The number of benzene rings is 2. The zero-order chi connectivity index (χ0) is 21.3. The van der Waals surface area contributed by atoms with Crippen LogP contribution in [-0.2, 0) is 16.6 Å². The summed E-state index contributed by atoms with van der Waals surface area (Å²) in [5.74, 6) is -0.310. The van der Waals surface area contributed by atoms with Crippen molar-refractivity contribution in [3.05, 3.63) is 87.3 Å². The predicted octanol–water partition coefficient (Wildman–Crippen LogP) is 4.38. The molecule has 1 aliphatic heterocycles. The summed E-state index contributed by atoms with van der Waals surface area (Å²) >= 11 is 1.18. The number of hydrogen-bond donors (Lipinski definition) is 1. The molecule has 0 saturated heterocycles. The van der Waals surface area contributed by atoms with E-state index in [1.807, 2.05) is 0 Å². The van der Waals surface area contributed by atoms with Crippen LogP contribution in [0.2, 0.25) is 0 Å². The Morgan fingerprint density at radius 1 is 1.10 bits per heavy atom. The molecule has 0 radical (unpaired) electrons. The fourth-order valence-electron chi connectivity index (χ4n) is 3.05. The molecule has 1 aromatic heterocycles. The SMILES string of the molecule is COc1ccc(N/C=C2/C(=O)c3sccc3N(Cc3ccc(F)cc3)S2(=O)=O)cc1. The fourth-order valence-corrected chi connectivity index (χ4v) is 5.53. The molecule has 30 heavy (non-hydrogen) atoms. The number of carbonyl (C=O) groups excluding carboxylic acids is 1. The Hall–Kier alpha value is -3.17. The summed E-state index contributed by atoms with van der Waals surface area (Å²) in [6.07, 6.45) is 1.21. The van der Waals surface area contributed by atoms with Gasteiger partial charge >= 0.3 is 0 Å². The summed E-state index contributed by atoms with van der Waals surface area (Å²) in [7, 11) is -2.57. The van der Waals surface area contributed by atoms with Crippen LogP contribution in [-0.4, -0.2) is 21.3 Å². The van der Waals surface area contributed by atoms with E-state index in [1.54, 1.807) is 42.8 Å². The van der Waals surface area contributed by atoms with E-state index in [4.69, 9.17) is 4.74 Å². The number of carbonyl (C=O) groups is 1. The summed E-state index contributed by atoms with van der Waals surface area (Å²) in [6.45, 7) is -0.0144. The first-order valence-corrected chi connectivity index (χ1v) is 11.2. The van der Waals surface area contributed by atoms with Gasteiger partial charge in [-0.25, -0.2) is 12.8 Å². The van der Waals surface area contributed by atoms with E-state index in [2.05, 4.69) is 5.32 Å². The zero-order valence-electron chi connectivity index (χ0n) is 15.8. The first-order chi connectivity index (χ1) is 14.4. The lowest BCUT2D eigenvalue weighted by atomic mass is 10.2. The molecule has 1 aliphatic rings. The molecule has 2 heterocycles. The summed E-state index contributed by atoms with van der Waals surface area (Å²) < 4.78 is 46.1. The minimum absolute atomic E-state index is 0.0144. The third kappa shape index (κ3) is 3.69. The molecule has 0 fully saturated rings. The number of methoxy groups -OCH3 is 1. The van der Waals surface area contributed by atoms with Crippen LogP contribution in [0.1, 0.15) is 15.2 Å². The van der Waals surface area contributed by atoms with Crippen molar-refractivity contribution in [1.29, 1.82) is 0 Å². The number of hydrogen-bond acceptors (Lipinski definition) is 6. The smallest absolute Gasteiger partial charge is 0.270 e. The number of Topliss-reactive ketones (excluding diaryl/α,β-unsaturated/α-hetero) is 1. The third-order valence-corrected chi connectivity index (χ3v) is 7.28. The van der Waals surface area contributed by atoms with E-state index in [0.29, 0.717) is 27.6 Å². The van der Waals surface area contributed by atoms with Crippen LogP contribution in [0.3, 0.4) is 0 Å². The molecule has 0 bridgehead atoms. The number of thiophene rings is 1. The van der Waals surface area contributed by atoms with Crippen molar-refractivity contribution in [3.63, 3.8) is 0 Å². The monoisotopic (exact) mass is 444 g/mol. The first kappa shape index (κ1) is 20.1. The Bertz CT molecular complexity index is 1220. The van der Waals surface area contributed by atoms with Crippen LogP contribution >= 0.6 is 11.3 Å². The topological polar surface area (TPSA) is 75.7 Å². The van der Waals surface area contributed by atoms with Gasteiger partial charge in [0.1, 0.15) is 16.4 Å². The van der Waals surface area contributed by atoms with Gasteiger partial charge in [0.25, 0.3) is 10.0 Å². The largest absolute Gasteiger partial charge is 0.497 e. The number of halogens is 1. The van der Waals surface area contributed by atoms with Crippen molar-refractivity contribution < 1.29 is 22.3 Å². The van der Waals surface area contributed by atoms with Gasteiger partial charge < -0.3 is 10.1 Å². The quantitative estimate of drug-likeness (QED) is 0.591. The summed E-state index contributed by atoms with van der Waals surface area (Å²) in [5, 5.41) is 4.55. The Kier molecular flexibility index (Phi) is 5.31. The van der Waals surface area contributed by atoms with E-state index in [1.165, 1.54) is 46.1 Å². The second-order valence-corrected chi connectivity index (χ2v) is 9.23. The molecule has 6 nitrogen and oxygen atoms in total.